The lowest BCUT2D eigenvalue weighted by molar-refractivity contribution is -0.394. The molecule has 0 heterocycles. The van der Waals surface area contributed by atoms with Crippen LogP contribution in [-0.2, 0) is 14.3 Å². The number of halogens is 5. The summed E-state index contributed by atoms with van der Waals surface area (Å²) in [6.07, 6.45) is -9.51. The Bertz CT molecular complexity index is 336. The molecule has 1 aliphatic rings. The van der Waals surface area contributed by atoms with Gasteiger partial charge in [0.05, 0.1) is 6.61 Å². The molecule has 0 saturated heterocycles. The van der Waals surface area contributed by atoms with E-state index in [0.29, 0.717) is 0 Å². The van der Waals surface area contributed by atoms with Gasteiger partial charge in [0.2, 0.25) is 0 Å². The first-order valence-electron chi connectivity index (χ1n) is 5.57. The second-order valence-corrected chi connectivity index (χ2v) is 4.27. The molecule has 19 heavy (non-hydrogen) atoms. The van der Waals surface area contributed by atoms with Crippen LogP contribution in [0.25, 0.3) is 0 Å². The number of ether oxygens (including phenoxy) is 2. The minimum absolute atomic E-state index is 0.172. The molecule has 110 valence electrons. The summed E-state index contributed by atoms with van der Waals surface area (Å²) < 4.78 is 69.0. The maximum absolute atomic E-state index is 12.6. The van der Waals surface area contributed by atoms with Gasteiger partial charge in [-0.05, 0) is 12.3 Å². The highest BCUT2D eigenvalue weighted by Crippen LogP contribution is 2.38. The van der Waals surface area contributed by atoms with Gasteiger partial charge < -0.3 is 9.47 Å². The summed E-state index contributed by atoms with van der Waals surface area (Å²) in [5.74, 6) is -0.713. The van der Waals surface area contributed by atoms with Gasteiger partial charge in [-0.15, -0.1) is 0 Å². The molecule has 0 N–H and O–H groups in total. The maximum atomic E-state index is 12.6. The second kappa shape index (κ2) is 5.85. The quantitative estimate of drug-likeness (QED) is 0.410. The first-order valence-corrected chi connectivity index (χ1v) is 5.57. The summed E-state index contributed by atoms with van der Waals surface area (Å²) in [5, 5.41) is 0. The van der Waals surface area contributed by atoms with Gasteiger partial charge >= 0.3 is 18.3 Å². The molecular formula is C11H13F5O3. The van der Waals surface area contributed by atoms with E-state index >= 15 is 0 Å². The molecule has 1 fully saturated rings. The molecule has 0 aromatic heterocycles. The minimum atomic E-state index is -5.79. The number of carbonyl (C=O) groups is 1. The molecular weight excluding hydrogens is 275 g/mol. The van der Waals surface area contributed by atoms with Gasteiger partial charge in [0, 0.05) is 6.08 Å². The zero-order valence-corrected chi connectivity index (χ0v) is 9.88. The Morgan fingerprint density at radius 2 is 1.89 bits per heavy atom. The SMILES string of the molecule is C=CC(=O)OC(COC(F)(F)C(F)(F)F)CC1CC1. The van der Waals surface area contributed by atoms with Crippen LogP contribution < -0.4 is 0 Å². The molecule has 0 amide bonds. The van der Waals surface area contributed by atoms with Crippen LogP contribution in [0.1, 0.15) is 19.3 Å². The van der Waals surface area contributed by atoms with Crippen LogP contribution in [0.5, 0.6) is 0 Å². The van der Waals surface area contributed by atoms with Crippen molar-refractivity contribution in [3.8, 4) is 0 Å². The number of carbonyl (C=O) groups excluding carboxylic acids is 1. The molecule has 0 aromatic carbocycles. The number of rotatable bonds is 7. The fraction of sp³-hybridized carbons (Fsp3) is 0.727. The third-order valence-corrected chi connectivity index (χ3v) is 2.52. The average Bonchev–Trinajstić information content (AvgIpc) is 3.08. The van der Waals surface area contributed by atoms with Gasteiger partial charge in [-0.3, -0.25) is 0 Å². The summed E-state index contributed by atoms with van der Waals surface area (Å²) in [6, 6.07) is 0. The third kappa shape index (κ3) is 5.14. The predicted octanol–water partition coefficient (Wildman–Crippen LogP) is 3.06. The van der Waals surface area contributed by atoms with Crippen molar-refractivity contribution in [2.75, 3.05) is 6.61 Å². The van der Waals surface area contributed by atoms with Crippen LogP contribution in [0.3, 0.4) is 0 Å². The van der Waals surface area contributed by atoms with Crippen LogP contribution in [-0.4, -0.2) is 31.0 Å². The second-order valence-electron chi connectivity index (χ2n) is 4.27. The molecule has 3 nitrogen and oxygen atoms in total. The first-order chi connectivity index (χ1) is 8.65. The summed E-state index contributed by atoms with van der Waals surface area (Å²) in [4.78, 5) is 10.9. The van der Waals surface area contributed by atoms with Gasteiger partial charge in [-0.1, -0.05) is 19.4 Å². The highest BCUT2D eigenvalue weighted by atomic mass is 19.4. The van der Waals surface area contributed by atoms with E-state index in [1.54, 1.807) is 0 Å². The van der Waals surface area contributed by atoms with E-state index in [0.717, 1.165) is 18.9 Å². The zero-order chi connectivity index (χ0) is 14.7. The molecule has 0 aromatic rings. The van der Waals surface area contributed by atoms with Crippen molar-refractivity contribution in [3.63, 3.8) is 0 Å². The number of hydrogen-bond acceptors (Lipinski definition) is 3. The maximum Gasteiger partial charge on any atom is 0.482 e. The molecule has 0 aliphatic heterocycles. The highest BCUT2D eigenvalue weighted by molar-refractivity contribution is 5.81. The smallest absolute Gasteiger partial charge is 0.457 e. The lowest BCUT2D eigenvalue weighted by Gasteiger charge is -2.23. The standard InChI is InChI=1S/C11H13F5O3/c1-2-9(17)19-8(5-7-3-4-7)6-18-11(15,16)10(12,13)14/h2,7-8H,1,3-6H2. The lowest BCUT2D eigenvalue weighted by Crippen LogP contribution is -2.41. The molecule has 0 bridgehead atoms. The summed E-state index contributed by atoms with van der Waals surface area (Å²) in [5.41, 5.74) is 0. The van der Waals surface area contributed by atoms with Crippen molar-refractivity contribution in [3.05, 3.63) is 12.7 Å². The van der Waals surface area contributed by atoms with Crippen molar-refractivity contribution in [1.29, 1.82) is 0 Å². The first kappa shape index (κ1) is 15.9. The van der Waals surface area contributed by atoms with Crippen molar-refractivity contribution >= 4 is 5.97 Å². The van der Waals surface area contributed by atoms with Crippen molar-refractivity contribution < 1.29 is 36.2 Å². The largest absolute Gasteiger partial charge is 0.482 e. The van der Waals surface area contributed by atoms with E-state index < -0.39 is 31.0 Å². The monoisotopic (exact) mass is 288 g/mol. The van der Waals surface area contributed by atoms with E-state index in [1.165, 1.54) is 0 Å². The van der Waals surface area contributed by atoms with Gasteiger partial charge in [-0.2, -0.15) is 22.0 Å². The molecule has 1 saturated carbocycles. The fourth-order valence-electron chi connectivity index (χ4n) is 1.37. The van der Waals surface area contributed by atoms with Crippen molar-refractivity contribution in [1.82, 2.24) is 0 Å². The highest BCUT2D eigenvalue weighted by Gasteiger charge is 2.59. The Morgan fingerprint density at radius 3 is 2.32 bits per heavy atom. The van der Waals surface area contributed by atoms with E-state index in [1.807, 2.05) is 0 Å². The average molecular weight is 288 g/mol. The zero-order valence-electron chi connectivity index (χ0n) is 9.88. The number of esters is 1. The Balaban J connectivity index is 2.51. The summed E-state index contributed by atoms with van der Waals surface area (Å²) in [6.45, 7) is 2.10. The van der Waals surface area contributed by atoms with Crippen LogP contribution in [0.2, 0.25) is 0 Å². The van der Waals surface area contributed by atoms with Crippen LogP contribution in [0.4, 0.5) is 22.0 Å². The lowest BCUT2D eigenvalue weighted by atomic mass is 10.2. The van der Waals surface area contributed by atoms with Crippen molar-refractivity contribution in [2.24, 2.45) is 5.92 Å². The van der Waals surface area contributed by atoms with Crippen LogP contribution in [0, 0.1) is 5.92 Å². The minimum Gasteiger partial charge on any atom is -0.457 e. The normalized spacial score (nSPS) is 17.9. The van der Waals surface area contributed by atoms with Gasteiger partial charge in [-0.25, -0.2) is 4.79 Å². The topological polar surface area (TPSA) is 35.5 Å². The fourth-order valence-corrected chi connectivity index (χ4v) is 1.37. The van der Waals surface area contributed by atoms with Gasteiger partial charge in [0.1, 0.15) is 6.10 Å². The van der Waals surface area contributed by atoms with E-state index in [9.17, 15) is 26.7 Å². The number of hydrogen-bond donors (Lipinski definition) is 0. The molecule has 1 aliphatic carbocycles. The summed E-state index contributed by atoms with van der Waals surface area (Å²) >= 11 is 0. The molecule has 0 spiro atoms. The molecule has 0 radical (unpaired) electrons. The van der Waals surface area contributed by atoms with Crippen LogP contribution >= 0.6 is 0 Å². The number of alkyl halides is 5. The molecule has 1 atom stereocenters. The Morgan fingerprint density at radius 1 is 1.32 bits per heavy atom. The van der Waals surface area contributed by atoms with Gasteiger partial charge in [0.15, 0.2) is 0 Å². The van der Waals surface area contributed by atoms with Gasteiger partial charge in [0.25, 0.3) is 0 Å². The third-order valence-electron chi connectivity index (χ3n) is 2.52. The van der Waals surface area contributed by atoms with Crippen LogP contribution in [0.15, 0.2) is 12.7 Å². The van der Waals surface area contributed by atoms with E-state index in [2.05, 4.69) is 16.1 Å². The van der Waals surface area contributed by atoms with E-state index in [-0.39, 0.29) is 12.3 Å². The molecule has 1 rings (SSSR count). The molecule has 1 unspecified atom stereocenters. The Labute approximate surface area is 106 Å². The summed E-state index contributed by atoms with van der Waals surface area (Å²) in [7, 11) is 0. The van der Waals surface area contributed by atoms with E-state index in [4.69, 9.17) is 0 Å². The predicted molar refractivity (Wildman–Crippen MR) is 54.4 cm³/mol. The Hall–Kier alpha value is -1.18. The van der Waals surface area contributed by atoms with Crippen molar-refractivity contribution in [2.45, 2.75) is 37.7 Å². The Kier molecular flexibility index (Phi) is 4.89. The molecule has 8 heteroatoms.